The molecule has 0 aromatic carbocycles. The normalized spacial score (nSPS) is 18.7. The Bertz CT molecular complexity index is 593. The molecule has 21 heavy (non-hydrogen) atoms. The maximum absolute atomic E-state index is 12.4. The lowest BCUT2D eigenvalue weighted by Gasteiger charge is -2.33. The highest BCUT2D eigenvalue weighted by Gasteiger charge is 2.31. The molecule has 1 atom stereocenters. The average Bonchev–Trinajstić information content (AvgIpc) is 3.16. The van der Waals surface area contributed by atoms with Crippen molar-refractivity contribution in [2.75, 3.05) is 6.54 Å². The van der Waals surface area contributed by atoms with Crippen molar-refractivity contribution in [2.24, 2.45) is 0 Å². The van der Waals surface area contributed by atoms with Gasteiger partial charge in [0.05, 0.1) is 12.8 Å². The maximum atomic E-state index is 12.4. The van der Waals surface area contributed by atoms with Gasteiger partial charge in [-0.3, -0.25) is 0 Å². The van der Waals surface area contributed by atoms with E-state index in [1.54, 1.807) is 24.2 Å². The number of rotatable bonds is 3. The number of amides is 2. The molecule has 112 valence electrons. The highest BCUT2D eigenvalue weighted by atomic mass is 16.5. The van der Waals surface area contributed by atoms with E-state index < -0.39 is 0 Å². The summed E-state index contributed by atoms with van der Waals surface area (Å²) in [7, 11) is 0. The first kappa shape index (κ1) is 13.7. The Balaban J connectivity index is 1.67. The van der Waals surface area contributed by atoms with Crippen molar-refractivity contribution < 1.29 is 13.7 Å². The predicted octanol–water partition coefficient (Wildman–Crippen LogP) is 2.41. The van der Waals surface area contributed by atoms with Gasteiger partial charge in [-0.05, 0) is 38.3 Å². The summed E-state index contributed by atoms with van der Waals surface area (Å²) in [5.74, 6) is 1.83. The van der Waals surface area contributed by atoms with E-state index >= 15 is 0 Å². The molecule has 2 aromatic heterocycles. The van der Waals surface area contributed by atoms with Crippen molar-refractivity contribution in [3.05, 3.63) is 35.9 Å². The number of urea groups is 1. The molecule has 0 bridgehead atoms. The molecular formula is C14H18N4O3. The lowest BCUT2D eigenvalue weighted by Crippen LogP contribution is -2.44. The molecule has 1 saturated heterocycles. The van der Waals surface area contributed by atoms with Gasteiger partial charge in [-0.15, -0.1) is 0 Å². The summed E-state index contributed by atoms with van der Waals surface area (Å²) < 4.78 is 10.4. The van der Waals surface area contributed by atoms with Gasteiger partial charge in [0, 0.05) is 6.54 Å². The Hall–Kier alpha value is -2.31. The number of carbonyl (C=O) groups excluding carboxylic acids is 1. The number of nitrogens with one attached hydrogen (secondary N) is 1. The molecule has 1 N–H and O–H groups in total. The van der Waals surface area contributed by atoms with Gasteiger partial charge in [-0.1, -0.05) is 5.16 Å². The van der Waals surface area contributed by atoms with Crippen molar-refractivity contribution in [2.45, 2.75) is 38.8 Å². The maximum Gasteiger partial charge on any atom is 0.318 e. The van der Waals surface area contributed by atoms with E-state index in [9.17, 15) is 4.79 Å². The Morgan fingerprint density at radius 3 is 3.14 bits per heavy atom. The van der Waals surface area contributed by atoms with Crippen LogP contribution in [0.15, 0.2) is 27.3 Å². The highest BCUT2D eigenvalue weighted by Crippen LogP contribution is 2.29. The van der Waals surface area contributed by atoms with Crippen LogP contribution in [0.25, 0.3) is 0 Å². The molecule has 0 aliphatic carbocycles. The molecular weight excluding hydrogens is 272 g/mol. The molecule has 1 unspecified atom stereocenters. The number of aryl methyl sites for hydroxylation is 1. The Morgan fingerprint density at radius 1 is 1.52 bits per heavy atom. The first-order chi connectivity index (χ1) is 10.2. The molecule has 7 heteroatoms. The molecule has 3 heterocycles. The van der Waals surface area contributed by atoms with Crippen LogP contribution in [0.5, 0.6) is 0 Å². The van der Waals surface area contributed by atoms with Gasteiger partial charge < -0.3 is 19.2 Å². The zero-order chi connectivity index (χ0) is 14.7. The molecule has 0 spiro atoms. The van der Waals surface area contributed by atoms with Crippen molar-refractivity contribution in [1.29, 1.82) is 0 Å². The Kier molecular flexibility index (Phi) is 3.89. The minimum atomic E-state index is -0.142. The van der Waals surface area contributed by atoms with Gasteiger partial charge in [0.1, 0.15) is 11.8 Å². The number of aromatic nitrogens is 2. The number of hydrogen-bond acceptors (Lipinski definition) is 5. The third kappa shape index (κ3) is 3.07. The first-order valence-corrected chi connectivity index (χ1v) is 7.11. The van der Waals surface area contributed by atoms with E-state index in [0.29, 0.717) is 24.8 Å². The molecule has 2 amide bonds. The number of likely N-dealkylation sites (tertiary alicyclic amines) is 1. The molecule has 1 fully saturated rings. The van der Waals surface area contributed by atoms with E-state index in [-0.39, 0.29) is 12.1 Å². The number of carbonyl (C=O) groups is 1. The molecule has 1 aliphatic rings. The van der Waals surface area contributed by atoms with Gasteiger partial charge in [0.25, 0.3) is 0 Å². The van der Waals surface area contributed by atoms with E-state index in [0.717, 1.165) is 25.0 Å². The summed E-state index contributed by atoms with van der Waals surface area (Å²) >= 11 is 0. The van der Waals surface area contributed by atoms with Crippen LogP contribution in [0.2, 0.25) is 0 Å². The summed E-state index contributed by atoms with van der Waals surface area (Å²) in [6.07, 6.45) is 4.47. The van der Waals surface area contributed by atoms with E-state index in [1.807, 2.05) is 6.07 Å². The zero-order valence-electron chi connectivity index (χ0n) is 11.9. The minimum absolute atomic E-state index is 0.132. The van der Waals surface area contributed by atoms with Crippen molar-refractivity contribution in [3.8, 4) is 0 Å². The van der Waals surface area contributed by atoms with E-state index in [4.69, 9.17) is 8.94 Å². The zero-order valence-corrected chi connectivity index (χ0v) is 11.9. The molecule has 0 saturated carbocycles. The quantitative estimate of drug-likeness (QED) is 0.938. The van der Waals surface area contributed by atoms with Crippen molar-refractivity contribution in [1.82, 2.24) is 20.4 Å². The van der Waals surface area contributed by atoms with Crippen molar-refractivity contribution >= 4 is 6.03 Å². The standard InChI is InChI=1S/C14H18N4O3/c1-10-16-13(21-17-10)12-6-2-3-7-18(12)14(19)15-9-11-5-4-8-20-11/h4-5,8,12H,2-3,6-7,9H2,1H3,(H,15,19). The fraction of sp³-hybridized carbons (Fsp3) is 0.500. The smallest absolute Gasteiger partial charge is 0.318 e. The van der Waals surface area contributed by atoms with Gasteiger partial charge in [-0.2, -0.15) is 4.98 Å². The summed E-state index contributed by atoms with van der Waals surface area (Å²) in [6.45, 7) is 2.84. The van der Waals surface area contributed by atoms with Gasteiger partial charge in [0.15, 0.2) is 5.82 Å². The molecule has 3 rings (SSSR count). The fourth-order valence-corrected chi connectivity index (χ4v) is 2.56. The second kappa shape index (κ2) is 5.99. The monoisotopic (exact) mass is 290 g/mol. The van der Waals surface area contributed by atoms with E-state index in [1.165, 1.54) is 0 Å². The topological polar surface area (TPSA) is 84.4 Å². The molecule has 2 aromatic rings. The summed E-state index contributed by atoms with van der Waals surface area (Å²) in [5, 5.41) is 6.68. The fourth-order valence-electron chi connectivity index (χ4n) is 2.56. The van der Waals surface area contributed by atoms with Gasteiger partial charge in [-0.25, -0.2) is 4.79 Å². The molecule has 1 aliphatic heterocycles. The third-order valence-corrected chi connectivity index (χ3v) is 3.59. The minimum Gasteiger partial charge on any atom is -0.467 e. The van der Waals surface area contributed by atoms with Crippen LogP contribution < -0.4 is 5.32 Å². The van der Waals surface area contributed by atoms with Crippen molar-refractivity contribution in [3.63, 3.8) is 0 Å². The lowest BCUT2D eigenvalue weighted by molar-refractivity contribution is 0.131. The highest BCUT2D eigenvalue weighted by molar-refractivity contribution is 5.74. The summed E-state index contributed by atoms with van der Waals surface area (Å²) in [4.78, 5) is 18.4. The molecule has 7 nitrogen and oxygen atoms in total. The van der Waals surface area contributed by atoms with Crippen LogP contribution in [0.1, 0.15) is 42.8 Å². The van der Waals surface area contributed by atoms with E-state index in [2.05, 4.69) is 15.5 Å². The van der Waals surface area contributed by atoms with Crippen LogP contribution >= 0.6 is 0 Å². The second-order valence-corrected chi connectivity index (χ2v) is 5.12. The van der Waals surface area contributed by atoms with Crippen LogP contribution in [0, 0.1) is 6.92 Å². The predicted molar refractivity (Wildman–Crippen MR) is 73.3 cm³/mol. The SMILES string of the molecule is Cc1noc(C2CCCCN2C(=O)NCc2ccco2)n1. The van der Waals surface area contributed by atoms with Crippen LogP contribution in [0.4, 0.5) is 4.79 Å². The Morgan fingerprint density at radius 2 is 2.43 bits per heavy atom. The molecule has 0 radical (unpaired) electrons. The summed E-state index contributed by atoms with van der Waals surface area (Å²) in [5.41, 5.74) is 0. The lowest BCUT2D eigenvalue weighted by atomic mass is 10.0. The first-order valence-electron chi connectivity index (χ1n) is 7.11. The second-order valence-electron chi connectivity index (χ2n) is 5.12. The van der Waals surface area contributed by atoms with Gasteiger partial charge in [0.2, 0.25) is 5.89 Å². The van der Waals surface area contributed by atoms with Crippen LogP contribution in [0.3, 0.4) is 0 Å². The van der Waals surface area contributed by atoms with Crippen LogP contribution in [-0.2, 0) is 6.54 Å². The van der Waals surface area contributed by atoms with Crippen LogP contribution in [-0.4, -0.2) is 27.6 Å². The van der Waals surface area contributed by atoms with Gasteiger partial charge >= 0.3 is 6.03 Å². The average molecular weight is 290 g/mol. The largest absolute Gasteiger partial charge is 0.467 e. The Labute approximate surface area is 122 Å². The number of hydrogen-bond donors (Lipinski definition) is 1. The third-order valence-electron chi connectivity index (χ3n) is 3.59. The number of nitrogens with zero attached hydrogens (tertiary/aromatic N) is 3. The number of furan rings is 1. The number of piperidine rings is 1. The summed E-state index contributed by atoms with van der Waals surface area (Å²) in [6, 6.07) is 3.35.